The van der Waals surface area contributed by atoms with Gasteiger partial charge in [0.1, 0.15) is 11.2 Å². The molecule has 4 nitrogen and oxygen atoms in total. The molecule has 1 amide bonds. The van der Waals surface area contributed by atoms with Gasteiger partial charge in [0, 0.05) is 6.42 Å². The fourth-order valence-electron chi connectivity index (χ4n) is 2.45. The van der Waals surface area contributed by atoms with E-state index in [0.717, 1.165) is 0 Å². The number of hydrogen-bond acceptors (Lipinski definition) is 3. The Morgan fingerprint density at radius 1 is 1.35 bits per heavy atom. The van der Waals surface area contributed by atoms with Crippen molar-refractivity contribution in [2.24, 2.45) is 5.73 Å². The maximum atomic E-state index is 12.0. The summed E-state index contributed by atoms with van der Waals surface area (Å²) in [5.41, 5.74) is 4.99. The number of nitrogens with two attached hydrogens (primary N) is 1. The lowest BCUT2D eigenvalue weighted by atomic mass is 9.77. The smallest absolute Gasteiger partial charge is 0.235 e. The molecule has 1 aliphatic rings. The van der Waals surface area contributed by atoms with Crippen molar-refractivity contribution in [1.82, 2.24) is 0 Å². The van der Waals surface area contributed by atoms with Crippen LogP contribution in [0.3, 0.4) is 0 Å². The van der Waals surface area contributed by atoms with Crippen molar-refractivity contribution in [1.29, 1.82) is 0 Å². The van der Waals surface area contributed by atoms with Gasteiger partial charge >= 0.3 is 0 Å². The van der Waals surface area contributed by atoms with Crippen LogP contribution in [-0.4, -0.2) is 18.8 Å². The molecule has 4 heteroatoms. The van der Waals surface area contributed by atoms with Gasteiger partial charge in [-0.05, 0) is 30.5 Å². The molecule has 1 atom stereocenters. The Morgan fingerprint density at radius 2 is 2.00 bits per heavy atom. The average Bonchev–Trinajstić information content (AvgIpc) is 2.72. The summed E-state index contributed by atoms with van der Waals surface area (Å²) in [4.78, 5) is 23.6. The fraction of sp³-hybridized carbons (Fsp3) is 0.385. The fourth-order valence-corrected chi connectivity index (χ4v) is 2.45. The number of ether oxygens (including phenoxy) is 1. The minimum absolute atomic E-state index is 0.0739. The maximum Gasteiger partial charge on any atom is 0.235 e. The number of ketones is 1. The van der Waals surface area contributed by atoms with Crippen molar-refractivity contribution in [2.45, 2.75) is 24.7 Å². The van der Waals surface area contributed by atoms with Gasteiger partial charge in [-0.15, -0.1) is 0 Å². The maximum absolute atomic E-state index is 12.0. The van der Waals surface area contributed by atoms with Crippen LogP contribution in [0.1, 0.15) is 24.8 Å². The molecule has 0 radical (unpaired) electrons. The Morgan fingerprint density at radius 3 is 2.41 bits per heavy atom. The number of methoxy groups -OCH3 is 1. The summed E-state index contributed by atoms with van der Waals surface area (Å²) in [6, 6.07) is 6.97. The third-order valence-electron chi connectivity index (χ3n) is 3.44. The van der Waals surface area contributed by atoms with Gasteiger partial charge in [-0.2, -0.15) is 0 Å². The third kappa shape index (κ3) is 1.69. The Balaban J connectivity index is 2.46. The highest BCUT2D eigenvalue weighted by molar-refractivity contribution is 6.12. The lowest BCUT2D eigenvalue weighted by Gasteiger charge is -2.24. The van der Waals surface area contributed by atoms with E-state index in [1.807, 2.05) is 0 Å². The van der Waals surface area contributed by atoms with Crippen LogP contribution in [0, 0.1) is 0 Å². The highest BCUT2D eigenvalue weighted by Gasteiger charge is 2.48. The number of carbonyl (C=O) groups excluding carboxylic acids is 2. The molecule has 2 rings (SSSR count). The zero-order chi connectivity index (χ0) is 12.5. The summed E-state index contributed by atoms with van der Waals surface area (Å²) in [6.45, 7) is 0. The second-order valence-electron chi connectivity index (χ2n) is 4.27. The number of amides is 1. The van der Waals surface area contributed by atoms with Gasteiger partial charge in [-0.1, -0.05) is 12.1 Å². The van der Waals surface area contributed by atoms with Crippen LogP contribution in [0.5, 0.6) is 5.75 Å². The lowest BCUT2D eigenvalue weighted by Crippen LogP contribution is -2.44. The molecule has 0 aromatic heterocycles. The molecule has 90 valence electrons. The van der Waals surface area contributed by atoms with Gasteiger partial charge in [-0.25, -0.2) is 0 Å². The van der Waals surface area contributed by atoms with Crippen molar-refractivity contribution in [3.63, 3.8) is 0 Å². The molecule has 2 N–H and O–H groups in total. The second kappa shape index (κ2) is 4.20. The van der Waals surface area contributed by atoms with Gasteiger partial charge in [-0.3, -0.25) is 9.59 Å². The number of rotatable bonds is 3. The summed E-state index contributed by atoms with van der Waals surface area (Å²) < 4.78 is 5.05. The van der Waals surface area contributed by atoms with E-state index >= 15 is 0 Å². The number of hydrogen-bond donors (Lipinski definition) is 1. The molecule has 0 aliphatic heterocycles. The van der Waals surface area contributed by atoms with E-state index in [4.69, 9.17) is 10.5 Å². The van der Waals surface area contributed by atoms with Crippen molar-refractivity contribution in [3.8, 4) is 5.75 Å². The molecule has 0 spiro atoms. The molecule has 1 unspecified atom stereocenters. The first-order valence-electron chi connectivity index (χ1n) is 5.59. The molecule has 1 aromatic rings. The van der Waals surface area contributed by atoms with Crippen LogP contribution < -0.4 is 10.5 Å². The zero-order valence-electron chi connectivity index (χ0n) is 9.73. The molecular formula is C13H15NO3. The number of carbonyl (C=O) groups is 2. The topological polar surface area (TPSA) is 69.4 Å². The Labute approximate surface area is 99.8 Å². The summed E-state index contributed by atoms with van der Waals surface area (Å²) in [5.74, 6) is 0.0687. The quantitative estimate of drug-likeness (QED) is 0.797. The van der Waals surface area contributed by atoms with Gasteiger partial charge in [0.25, 0.3) is 0 Å². The second-order valence-corrected chi connectivity index (χ2v) is 4.27. The monoisotopic (exact) mass is 233 g/mol. The molecule has 1 saturated carbocycles. The molecule has 0 heterocycles. The van der Waals surface area contributed by atoms with E-state index in [-0.39, 0.29) is 5.78 Å². The normalized spacial score (nSPS) is 23.7. The molecule has 0 saturated heterocycles. The van der Waals surface area contributed by atoms with Crippen LogP contribution in [0.4, 0.5) is 0 Å². The van der Waals surface area contributed by atoms with Crippen LogP contribution >= 0.6 is 0 Å². The summed E-state index contributed by atoms with van der Waals surface area (Å²) >= 11 is 0. The zero-order valence-corrected chi connectivity index (χ0v) is 9.73. The van der Waals surface area contributed by atoms with Crippen LogP contribution in [0.25, 0.3) is 0 Å². The molecule has 1 aromatic carbocycles. The van der Waals surface area contributed by atoms with Gasteiger partial charge < -0.3 is 10.5 Å². The first-order chi connectivity index (χ1) is 8.11. The van der Waals surface area contributed by atoms with Crippen LogP contribution in [-0.2, 0) is 15.0 Å². The SMILES string of the molecule is COc1ccc(C2(C(N)=O)CCCC2=O)cc1. The lowest BCUT2D eigenvalue weighted by molar-refractivity contribution is -0.132. The molecule has 17 heavy (non-hydrogen) atoms. The standard InChI is InChI=1S/C13H15NO3/c1-17-10-6-4-9(5-7-10)13(12(14)16)8-2-3-11(13)15/h4-7H,2-3,8H2,1H3,(H2,14,16). The van der Waals surface area contributed by atoms with Crippen molar-refractivity contribution >= 4 is 11.7 Å². The molecule has 0 bridgehead atoms. The Kier molecular flexibility index (Phi) is 2.88. The number of primary amides is 1. The largest absolute Gasteiger partial charge is 0.497 e. The highest BCUT2D eigenvalue weighted by atomic mass is 16.5. The summed E-state index contributed by atoms with van der Waals surface area (Å²) in [5, 5.41) is 0. The van der Waals surface area contributed by atoms with Crippen molar-refractivity contribution < 1.29 is 14.3 Å². The number of Topliss-reactive ketones (excluding diaryl/α,β-unsaturated/α-hetero) is 1. The van der Waals surface area contributed by atoms with E-state index in [0.29, 0.717) is 30.6 Å². The van der Waals surface area contributed by atoms with Gasteiger partial charge in [0.15, 0.2) is 5.78 Å². The van der Waals surface area contributed by atoms with Crippen molar-refractivity contribution in [2.75, 3.05) is 7.11 Å². The van der Waals surface area contributed by atoms with E-state index in [2.05, 4.69) is 0 Å². The highest BCUT2D eigenvalue weighted by Crippen LogP contribution is 2.38. The van der Waals surface area contributed by atoms with Crippen LogP contribution in [0.2, 0.25) is 0 Å². The molecular weight excluding hydrogens is 218 g/mol. The molecule has 1 aliphatic carbocycles. The van der Waals surface area contributed by atoms with E-state index < -0.39 is 11.3 Å². The summed E-state index contributed by atoms with van der Waals surface area (Å²) in [7, 11) is 1.57. The van der Waals surface area contributed by atoms with E-state index in [1.54, 1.807) is 31.4 Å². The van der Waals surface area contributed by atoms with Gasteiger partial charge in [0.2, 0.25) is 5.91 Å². The molecule has 1 fully saturated rings. The third-order valence-corrected chi connectivity index (χ3v) is 3.44. The summed E-state index contributed by atoms with van der Waals surface area (Å²) in [6.07, 6.45) is 1.65. The van der Waals surface area contributed by atoms with Crippen molar-refractivity contribution in [3.05, 3.63) is 29.8 Å². The van der Waals surface area contributed by atoms with E-state index in [9.17, 15) is 9.59 Å². The Bertz CT molecular complexity index is 452. The van der Waals surface area contributed by atoms with E-state index in [1.165, 1.54) is 0 Å². The minimum Gasteiger partial charge on any atom is -0.497 e. The minimum atomic E-state index is -1.12. The first kappa shape index (κ1) is 11.6. The van der Waals surface area contributed by atoms with Crippen LogP contribution in [0.15, 0.2) is 24.3 Å². The van der Waals surface area contributed by atoms with Gasteiger partial charge in [0.05, 0.1) is 7.11 Å². The predicted molar refractivity (Wildman–Crippen MR) is 62.7 cm³/mol. The predicted octanol–water partition coefficient (Wildman–Crippen LogP) is 1.17. The Hall–Kier alpha value is -1.84. The average molecular weight is 233 g/mol. The number of benzene rings is 1. The first-order valence-corrected chi connectivity index (χ1v) is 5.59.